The molecule has 2 atom stereocenters. The Bertz CT molecular complexity index is 922. The summed E-state index contributed by atoms with van der Waals surface area (Å²) in [5, 5.41) is 9.95. The molecule has 3 aromatic rings. The average Bonchev–Trinajstić information content (AvgIpc) is 2.73. The van der Waals surface area contributed by atoms with Gasteiger partial charge in [-0.05, 0) is 16.7 Å². The van der Waals surface area contributed by atoms with Gasteiger partial charge in [0.2, 0.25) is 0 Å². The summed E-state index contributed by atoms with van der Waals surface area (Å²) >= 11 is 0. The molecule has 0 spiro atoms. The lowest BCUT2D eigenvalue weighted by atomic mass is 9.52. The van der Waals surface area contributed by atoms with Crippen LogP contribution in [-0.4, -0.2) is 17.0 Å². The zero-order chi connectivity index (χ0) is 20.2. The van der Waals surface area contributed by atoms with Crippen molar-refractivity contribution in [2.45, 2.75) is 18.4 Å². The maximum atomic E-state index is 13.1. The summed E-state index contributed by atoms with van der Waals surface area (Å²) in [7, 11) is 0. The van der Waals surface area contributed by atoms with Crippen LogP contribution in [0, 0.1) is 11.8 Å². The van der Waals surface area contributed by atoms with Crippen molar-refractivity contribution in [2.75, 3.05) is 0 Å². The van der Waals surface area contributed by atoms with Gasteiger partial charge in [-0.15, -0.1) is 0 Å². The fraction of sp³-hybridized carbons (Fsp3) is 0.200. The Kier molecular flexibility index (Phi) is 5.43. The van der Waals surface area contributed by atoms with E-state index >= 15 is 0 Å². The smallest absolute Gasteiger partial charge is 0.310 e. The molecule has 29 heavy (non-hydrogen) atoms. The highest BCUT2D eigenvalue weighted by Crippen LogP contribution is 2.58. The van der Waals surface area contributed by atoms with Gasteiger partial charge < -0.3 is 9.84 Å². The van der Waals surface area contributed by atoms with Gasteiger partial charge in [0.25, 0.3) is 0 Å². The van der Waals surface area contributed by atoms with E-state index in [2.05, 4.69) is 0 Å². The molecule has 2 unspecified atom stereocenters. The number of carboxylic acid groups (broad SMARTS) is 1. The molecule has 0 amide bonds. The second-order valence-corrected chi connectivity index (χ2v) is 7.36. The van der Waals surface area contributed by atoms with Crippen LogP contribution in [0.3, 0.4) is 0 Å². The van der Waals surface area contributed by atoms with E-state index in [9.17, 15) is 14.7 Å². The Morgan fingerprint density at radius 3 is 1.59 bits per heavy atom. The van der Waals surface area contributed by atoms with Gasteiger partial charge in [0, 0.05) is 11.8 Å². The number of aliphatic carboxylic acids is 1. The standard InChI is InChI=1S/C25H22O4/c26-24(27)22-20(18-12-6-2-7-13-18)23(21(22)19-14-8-3-9-15-19)25(28)29-16-17-10-4-1-5-11-17/h1-15,20-23H,16H2,(H,26,27). The van der Waals surface area contributed by atoms with Crippen molar-refractivity contribution < 1.29 is 19.4 Å². The molecule has 1 saturated carbocycles. The molecule has 4 heteroatoms. The quantitative estimate of drug-likeness (QED) is 0.628. The summed E-state index contributed by atoms with van der Waals surface area (Å²) in [6, 6.07) is 28.3. The second-order valence-electron chi connectivity index (χ2n) is 7.36. The lowest BCUT2D eigenvalue weighted by molar-refractivity contribution is -0.165. The van der Waals surface area contributed by atoms with E-state index in [4.69, 9.17) is 4.74 Å². The molecule has 3 aromatic carbocycles. The molecular formula is C25H22O4. The molecule has 1 aliphatic rings. The molecule has 0 aliphatic heterocycles. The first-order chi connectivity index (χ1) is 14.2. The highest BCUT2D eigenvalue weighted by atomic mass is 16.5. The van der Waals surface area contributed by atoms with Crippen molar-refractivity contribution in [3.63, 3.8) is 0 Å². The molecule has 1 fully saturated rings. The van der Waals surface area contributed by atoms with Crippen LogP contribution < -0.4 is 0 Å². The maximum absolute atomic E-state index is 13.1. The predicted molar refractivity (Wildman–Crippen MR) is 109 cm³/mol. The minimum atomic E-state index is -0.889. The van der Waals surface area contributed by atoms with Crippen molar-refractivity contribution in [1.82, 2.24) is 0 Å². The Morgan fingerprint density at radius 1 is 0.690 bits per heavy atom. The lowest BCUT2D eigenvalue weighted by Crippen LogP contribution is -2.51. The van der Waals surface area contributed by atoms with Crippen molar-refractivity contribution in [1.29, 1.82) is 0 Å². The van der Waals surface area contributed by atoms with E-state index in [1.165, 1.54) is 0 Å². The van der Waals surface area contributed by atoms with Gasteiger partial charge in [-0.2, -0.15) is 0 Å². The molecule has 4 rings (SSSR count). The number of rotatable bonds is 6. The summed E-state index contributed by atoms with van der Waals surface area (Å²) < 4.78 is 5.63. The van der Waals surface area contributed by atoms with Crippen molar-refractivity contribution in [2.24, 2.45) is 11.8 Å². The zero-order valence-electron chi connectivity index (χ0n) is 15.8. The number of hydrogen-bond donors (Lipinski definition) is 1. The molecule has 0 heterocycles. The first kappa shape index (κ1) is 18.9. The third kappa shape index (κ3) is 3.79. The van der Waals surface area contributed by atoms with Gasteiger partial charge in [-0.3, -0.25) is 9.59 Å². The number of carbonyl (C=O) groups excluding carboxylic acids is 1. The number of benzene rings is 3. The Balaban J connectivity index is 1.65. The molecule has 0 saturated heterocycles. The Morgan fingerprint density at radius 2 is 1.14 bits per heavy atom. The van der Waals surface area contributed by atoms with Gasteiger partial charge in [-0.25, -0.2) is 0 Å². The molecule has 0 radical (unpaired) electrons. The van der Waals surface area contributed by atoms with Gasteiger partial charge in [0.15, 0.2) is 0 Å². The van der Waals surface area contributed by atoms with Crippen LogP contribution in [0.1, 0.15) is 28.5 Å². The number of hydrogen-bond acceptors (Lipinski definition) is 3. The maximum Gasteiger partial charge on any atom is 0.310 e. The van der Waals surface area contributed by atoms with Crippen molar-refractivity contribution >= 4 is 11.9 Å². The molecule has 1 N–H and O–H groups in total. The van der Waals surface area contributed by atoms with E-state index in [-0.39, 0.29) is 12.6 Å². The van der Waals surface area contributed by atoms with Crippen LogP contribution in [-0.2, 0) is 20.9 Å². The van der Waals surface area contributed by atoms with Gasteiger partial charge >= 0.3 is 11.9 Å². The van der Waals surface area contributed by atoms with E-state index in [1.807, 2.05) is 91.0 Å². The summed E-state index contributed by atoms with van der Waals surface area (Å²) in [6.45, 7) is 0.178. The molecule has 4 nitrogen and oxygen atoms in total. The minimum absolute atomic E-state index is 0.178. The predicted octanol–water partition coefficient (Wildman–Crippen LogP) is 4.63. The normalized spacial score (nSPS) is 23.0. The summed E-state index contributed by atoms with van der Waals surface area (Å²) in [6.07, 6.45) is 0. The first-order valence-corrected chi connectivity index (χ1v) is 9.70. The molecule has 0 aromatic heterocycles. The van der Waals surface area contributed by atoms with Crippen LogP contribution in [0.25, 0.3) is 0 Å². The van der Waals surface area contributed by atoms with Gasteiger partial charge in [-0.1, -0.05) is 91.0 Å². The Hall–Kier alpha value is -3.40. The van der Waals surface area contributed by atoms with Crippen LogP contribution in [0.5, 0.6) is 0 Å². The summed E-state index contributed by atoms with van der Waals surface area (Å²) in [5.74, 6) is -3.28. The molecule has 146 valence electrons. The van der Waals surface area contributed by atoms with E-state index in [0.717, 1.165) is 16.7 Å². The summed E-state index contributed by atoms with van der Waals surface area (Å²) in [5.41, 5.74) is 2.62. The summed E-state index contributed by atoms with van der Waals surface area (Å²) in [4.78, 5) is 25.3. The van der Waals surface area contributed by atoms with Crippen LogP contribution >= 0.6 is 0 Å². The third-order valence-corrected chi connectivity index (χ3v) is 5.70. The molecular weight excluding hydrogens is 364 g/mol. The SMILES string of the molecule is O=C(O)C1C(c2ccccc2)C(C(=O)OCc2ccccc2)C1c1ccccc1. The number of esters is 1. The average molecular weight is 386 g/mol. The lowest BCUT2D eigenvalue weighted by Gasteiger charge is -2.49. The monoisotopic (exact) mass is 386 g/mol. The number of ether oxygens (including phenoxy) is 1. The number of carboxylic acids is 1. The third-order valence-electron chi connectivity index (χ3n) is 5.70. The highest BCUT2D eigenvalue weighted by Gasteiger charge is 2.59. The van der Waals surface area contributed by atoms with E-state index < -0.39 is 29.6 Å². The highest BCUT2D eigenvalue weighted by molar-refractivity contribution is 5.84. The fourth-order valence-electron chi connectivity index (χ4n) is 4.35. The van der Waals surface area contributed by atoms with E-state index in [1.54, 1.807) is 0 Å². The fourth-order valence-corrected chi connectivity index (χ4v) is 4.35. The topological polar surface area (TPSA) is 63.6 Å². The second kappa shape index (κ2) is 8.31. The van der Waals surface area contributed by atoms with Crippen molar-refractivity contribution in [3.8, 4) is 0 Å². The molecule has 0 bridgehead atoms. The van der Waals surface area contributed by atoms with Crippen LogP contribution in [0.2, 0.25) is 0 Å². The number of carbonyl (C=O) groups is 2. The van der Waals surface area contributed by atoms with Gasteiger partial charge in [0.1, 0.15) is 6.61 Å². The van der Waals surface area contributed by atoms with Crippen LogP contribution in [0.4, 0.5) is 0 Å². The van der Waals surface area contributed by atoms with Gasteiger partial charge in [0.05, 0.1) is 11.8 Å². The molecule has 1 aliphatic carbocycles. The van der Waals surface area contributed by atoms with Crippen LogP contribution in [0.15, 0.2) is 91.0 Å². The zero-order valence-corrected chi connectivity index (χ0v) is 15.8. The van der Waals surface area contributed by atoms with E-state index in [0.29, 0.717) is 0 Å². The van der Waals surface area contributed by atoms with Crippen molar-refractivity contribution in [3.05, 3.63) is 108 Å². The Labute approximate surface area is 169 Å². The first-order valence-electron chi connectivity index (χ1n) is 9.70. The largest absolute Gasteiger partial charge is 0.481 e. The minimum Gasteiger partial charge on any atom is -0.481 e.